The van der Waals surface area contributed by atoms with Gasteiger partial charge in [-0.25, -0.2) is 0 Å². The van der Waals surface area contributed by atoms with Crippen LogP contribution in [0.25, 0.3) is 17.4 Å². The van der Waals surface area contributed by atoms with E-state index in [0.29, 0.717) is 44.0 Å². The number of benzene rings is 2. The number of carbonyl (C=O) groups is 3. The molecule has 9 nitrogen and oxygen atoms in total. The van der Waals surface area contributed by atoms with Gasteiger partial charge < -0.3 is 9.73 Å². The van der Waals surface area contributed by atoms with Crippen molar-refractivity contribution in [2.24, 2.45) is 0 Å². The summed E-state index contributed by atoms with van der Waals surface area (Å²) in [7, 11) is 0. The number of hydrogen-bond donors (Lipinski definition) is 1. The molecule has 0 aliphatic carbocycles. The van der Waals surface area contributed by atoms with E-state index in [4.69, 9.17) is 16.0 Å². The SMILES string of the molecule is Cc1ccc(Cl)cc1NC(=O)CN1C(=O)S/C(=C/c2ccc(-c3ccc([N+](=O)[O-])cc3Br)o2)C1=O. The predicted molar refractivity (Wildman–Crippen MR) is 136 cm³/mol. The zero-order valence-corrected chi connectivity index (χ0v) is 21.1. The second-order valence-electron chi connectivity index (χ2n) is 7.40. The first kappa shape index (κ1) is 24.7. The van der Waals surface area contributed by atoms with E-state index in [2.05, 4.69) is 21.2 Å². The minimum Gasteiger partial charge on any atom is -0.457 e. The second kappa shape index (κ2) is 10.1. The van der Waals surface area contributed by atoms with E-state index in [9.17, 15) is 24.5 Å². The first-order valence-electron chi connectivity index (χ1n) is 9.98. The lowest BCUT2D eigenvalue weighted by molar-refractivity contribution is -0.384. The summed E-state index contributed by atoms with van der Waals surface area (Å²) < 4.78 is 6.22. The molecule has 1 aromatic heterocycles. The Morgan fingerprint density at radius 3 is 2.71 bits per heavy atom. The number of anilines is 1. The summed E-state index contributed by atoms with van der Waals surface area (Å²) in [5.74, 6) is -0.446. The third-order valence-electron chi connectivity index (χ3n) is 4.98. The van der Waals surface area contributed by atoms with Crippen LogP contribution >= 0.6 is 39.3 Å². The number of amides is 3. The van der Waals surface area contributed by atoms with Gasteiger partial charge in [-0.2, -0.15) is 0 Å². The lowest BCUT2D eigenvalue weighted by Gasteiger charge is -2.13. The first-order valence-corrected chi connectivity index (χ1v) is 12.0. The van der Waals surface area contributed by atoms with Crippen molar-refractivity contribution < 1.29 is 23.7 Å². The van der Waals surface area contributed by atoms with Crippen LogP contribution in [0.2, 0.25) is 5.02 Å². The number of nitro benzene ring substituents is 1. The summed E-state index contributed by atoms with van der Waals surface area (Å²) in [6.07, 6.45) is 1.41. The molecule has 4 rings (SSSR count). The van der Waals surface area contributed by atoms with E-state index in [-0.39, 0.29) is 10.6 Å². The number of nitrogens with one attached hydrogen (secondary N) is 1. The molecule has 12 heteroatoms. The third kappa shape index (κ3) is 5.47. The largest absolute Gasteiger partial charge is 0.457 e. The van der Waals surface area contributed by atoms with Gasteiger partial charge in [-0.3, -0.25) is 29.4 Å². The van der Waals surface area contributed by atoms with Crippen LogP contribution in [0.1, 0.15) is 11.3 Å². The number of furan rings is 1. The molecule has 3 amide bonds. The van der Waals surface area contributed by atoms with Crippen molar-refractivity contribution in [1.82, 2.24) is 4.90 Å². The summed E-state index contributed by atoms with van der Waals surface area (Å²) in [5, 5.41) is 13.4. The predicted octanol–water partition coefficient (Wildman–Crippen LogP) is 6.25. The van der Waals surface area contributed by atoms with Crippen molar-refractivity contribution in [1.29, 1.82) is 0 Å². The molecular weight excluding hydrogens is 562 g/mol. The van der Waals surface area contributed by atoms with Crippen LogP contribution in [0.4, 0.5) is 16.2 Å². The van der Waals surface area contributed by atoms with Gasteiger partial charge in [0.2, 0.25) is 5.91 Å². The normalized spacial score (nSPS) is 14.6. The average molecular weight is 577 g/mol. The fourth-order valence-corrected chi connectivity index (χ4v) is 4.77. The number of carbonyl (C=O) groups excluding carboxylic acids is 3. The number of nitrogens with zero attached hydrogens (tertiary/aromatic N) is 2. The van der Waals surface area contributed by atoms with Crippen molar-refractivity contribution in [3.8, 4) is 11.3 Å². The summed E-state index contributed by atoms with van der Waals surface area (Å²) in [6, 6.07) is 12.5. The smallest absolute Gasteiger partial charge is 0.294 e. The number of aryl methyl sites for hydroxylation is 1. The topological polar surface area (TPSA) is 123 Å². The van der Waals surface area contributed by atoms with Gasteiger partial charge in [0.05, 0.1) is 9.83 Å². The molecule has 35 heavy (non-hydrogen) atoms. The fraction of sp³-hybridized carbons (Fsp3) is 0.0870. The number of hydrogen-bond acceptors (Lipinski definition) is 7. The maximum Gasteiger partial charge on any atom is 0.294 e. The number of non-ortho nitro benzene ring substituents is 1. The molecule has 2 heterocycles. The molecule has 1 fully saturated rings. The van der Waals surface area contributed by atoms with E-state index >= 15 is 0 Å². The Bertz CT molecular complexity index is 1420. The monoisotopic (exact) mass is 575 g/mol. The lowest BCUT2D eigenvalue weighted by Crippen LogP contribution is -2.36. The van der Waals surface area contributed by atoms with Gasteiger partial charge in [0.1, 0.15) is 18.1 Å². The van der Waals surface area contributed by atoms with E-state index < -0.39 is 28.5 Å². The van der Waals surface area contributed by atoms with Gasteiger partial charge in [-0.15, -0.1) is 0 Å². The zero-order chi connectivity index (χ0) is 25.3. The van der Waals surface area contributed by atoms with Crippen LogP contribution in [0, 0.1) is 17.0 Å². The second-order valence-corrected chi connectivity index (χ2v) is 9.68. The Morgan fingerprint density at radius 2 is 2.00 bits per heavy atom. The zero-order valence-electron chi connectivity index (χ0n) is 17.9. The molecule has 0 bridgehead atoms. The Morgan fingerprint density at radius 1 is 1.23 bits per heavy atom. The summed E-state index contributed by atoms with van der Waals surface area (Å²) in [4.78, 5) is 49.0. The third-order valence-corrected chi connectivity index (χ3v) is 6.78. The molecule has 3 aromatic rings. The Kier molecular flexibility index (Phi) is 7.10. The van der Waals surface area contributed by atoms with Crippen molar-refractivity contribution in [3.05, 3.63) is 84.4 Å². The van der Waals surface area contributed by atoms with E-state index in [0.717, 1.165) is 10.5 Å². The van der Waals surface area contributed by atoms with Crippen LogP contribution in [0.5, 0.6) is 0 Å². The standard InChI is InChI=1S/C23H15BrClN3O6S/c1-12-2-3-13(25)8-18(12)26-21(29)11-27-22(30)20(35-23(27)31)10-15-5-7-19(34-15)16-6-4-14(28(32)33)9-17(16)24/h2-10H,11H2,1H3,(H,26,29)/b20-10+. The van der Waals surface area contributed by atoms with E-state index in [1.807, 2.05) is 0 Å². The molecule has 1 N–H and O–H groups in total. The van der Waals surface area contributed by atoms with Gasteiger partial charge >= 0.3 is 0 Å². The van der Waals surface area contributed by atoms with Crippen LogP contribution in [-0.2, 0) is 9.59 Å². The highest BCUT2D eigenvalue weighted by Crippen LogP contribution is 2.35. The van der Waals surface area contributed by atoms with Crippen LogP contribution in [-0.4, -0.2) is 33.4 Å². The molecule has 0 spiro atoms. The highest BCUT2D eigenvalue weighted by atomic mass is 79.9. The number of halogens is 2. The molecule has 0 saturated carbocycles. The number of thioether (sulfide) groups is 1. The van der Waals surface area contributed by atoms with Gasteiger partial charge in [0.25, 0.3) is 16.8 Å². The highest BCUT2D eigenvalue weighted by molar-refractivity contribution is 9.10. The number of rotatable bonds is 6. The molecule has 1 aliphatic rings. The molecule has 0 unspecified atom stereocenters. The van der Waals surface area contributed by atoms with E-state index in [1.165, 1.54) is 18.2 Å². The fourth-order valence-electron chi connectivity index (χ4n) is 3.22. The van der Waals surface area contributed by atoms with Gasteiger partial charge in [-0.1, -0.05) is 17.7 Å². The highest BCUT2D eigenvalue weighted by Gasteiger charge is 2.36. The molecule has 178 valence electrons. The van der Waals surface area contributed by atoms with Gasteiger partial charge in [0, 0.05) is 39.0 Å². The Balaban J connectivity index is 1.47. The minimum atomic E-state index is -0.618. The Hall–Kier alpha value is -3.41. The number of nitro groups is 1. The molecule has 1 saturated heterocycles. The van der Waals surface area contributed by atoms with E-state index in [1.54, 1.807) is 43.3 Å². The molecule has 0 radical (unpaired) electrons. The summed E-state index contributed by atoms with van der Waals surface area (Å²) in [5.41, 5.74) is 1.78. The molecule has 1 aliphatic heterocycles. The van der Waals surface area contributed by atoms with Gasteiger partial charge in [-0.05, 0) is 70.5 Å². The average Bonchev–Trinajstić information content (AvgIpc) is 3.36. The lowest BCUT2D eigenvalue weighted by atomic mass is 10.1. The quantitative estimate of drug-likeness (QED) is 0.209. The summed E-state index contributed by atoms with van der Waals surface area (Å²) in [6.45, 7) is 1.34. The minimum absolute atomic E-state index is 0.0735. The number of imide groups is 1. The molecule has 0 atom stereocenters. The Labute approximate surface area is 216 Å². The summed E-state index contributed by atoms with van der Waals surface area (Å²) >= 11 is 9.95. The van der Waals surface area contributed by atoms with Crippen molar-refractivity contribution in [2.45, 2.75) is 6.92 Å². The van der Waals surface area contributed by atoms with Crippen molar-refractivity contribution >= 4 is 73.8 Å². The molecular formula is C23H15BrClN3O6S. The van der Waals surface area contributed by atoms with Gasteiger partial charge in [0.15, 0.2) is 0 Å². The van der Waals surface area contributed by atoms with Crippen LogP contribution in [0.15, 0.2) is 62.3 Å². The van der Waals surface area contributed by atoms with Crippen molar-refractivity contribution in [3.63, 3.8) is 0 Å². The van der Waals surface area contributed by atoms with Crippen LogP contribution in [0.3, 0.4) is 0 Å². The molecule has 2 aromatic carbocycles. The van der Waals surface area contributed by atoms with Crippen LogP contribution < -0.4 is 5.32 Å². The maximum atomic E-state index is 12.8. The maximum absolute atomic E-state index is 12.8. The van der Waals surface area contributed by atoms with Crippen molar-refractivity contribution in [2.75, 3.05) is 11.9 Å². The first-order chi connectivity index (χ1) is 16.6.